The molecule has 0 aliphatic carbocycles. The zero-order valence-corrected chi connectivity index (χ0v) is 13.1. The minimum atomic E-state index is 0.522. The summed E-state index contributed by atoms with van der Waals surface area (Å²) in [5, 5.41) is 2.34. The summed E-state index contributed by atoms with van der Waals surface area (Å²) in [5.74, 6) is 6.39. The van der Waals surface area contributed by atoms with Gasteiger partial charge in [-0.25, -0.2) is 4.98 Å². The fourth-order valence-corrected chi connectivity index (χ4v) is 2.59. The number of ether oxygens (including phenoxy) is 1. The van der Waals surface area contributed by atoms with E-state index in [1.807, 2.05) is 19.2 Å². The molecular formula is C19H20N2O. The lowest BCUT2D eigenvalue weighted by molar-refractivity contribution is 0.0932. The molecule has 112 valence electrons. The van der Waals surface area contributed by atoms with Crippen molar-refractivity contribution in [1.82, 2.24) is 9.55 Å². The van der Waals surface area contributed by atoms with E-state index in [0.29, 0.717) is 13.3 Å². The SMILES string of the molecule is CCCC#Cc1cnc2c(c1)c1ccccc1n2COCC. The molecule has 3 rings (SSSR count). The van der Waals surface area contributed by atoms with Crippen LogP contribution in [0.1, 0.15) is 32.3 Å². The highest BCUT2D eigenvalue weighted by molar-refractivity contribution is 6.06. The van der Waals surface area contributed by atoms with E-state index in [9.17, 15) is 0 Å². The molecule has 2 aromatic heterocycles. The Bertz CT molecular complexity index is 852. The predicted molar refractivity (Wildman–Crippen MR) is 90.7 cm³/mol. The van der Waals surface area contributed by atoms with Gasteiger partial charge in [0, 0.05) is 35.6 Å². The Morgan fingerprint density at radius 2 is 2.05 bits per heavy atom. The lowest BCUT2D eigenvalue weighted by atomic mass is 10.1. The molecule has 0 unspecified atom stereocenters. The van der Waals surface area contributed by atoms with Crippen molar-refractivity contribution in [1.29, 1.82) is 0 Å². The molecule has 0 aliphatic heterocycles. The summed E-state index contributed by atoms with van der Waals surface area (Å²) in [4.78, 5) is 4.63. The second-order valence-corrected chi connectivity index (χ2v) is 5.21. The molecule has 0 atom stereocenters. The summed E-state index contributed by atoms with van der Waals surface area (Å²) >= 11 is 0. The third kappa shape index (κ3) is 2.70. The van der Waals surface area contributed by atoms with Crippen LogP contribution in [0.5, 0.6) is 0 Å². The van der Waals surface area contributed by atoms with Crippen LogP contribution < -0.4 is 0 Å². The number of rotatable bonds is 4. The first-order valence-corrected chi connectivity index (χ1v) is 7.78. The maximum atomic E-state index is 5.60. The van der Waals surface area contributed by atoms with Crippen LogP contribution in [-0.2, 0) is 11.5 Å². The molecule has 3 aromatic rings. The normalized spacial score (nSPS) is 10.8. The van der Waals surface area contributed by atoms with Crippen molar-refractivity contribution < 1.29 is 4.74 Å². The number of pyridine rings is 1. The van der Waals surface area contributed by atoms with Gasteiger partial charge >= 0.3 is 0 Å². The molecule has 0 saturated carbocycles. The van der Waals surface area contributed by atoms with E-state index < -0.39 is 0 Å². The van der Waals surface area contributed by atoms with Gasteiger partial charge in [0.1, 0.15) is 12.4 Å². The van der Waals surface area contributed by atoms with Gasteiger partial charge in [-0.2, -0.15) is 0 Å². The molecule has 22 heavy (non-hydrogen) atoms. The Morgan fingerprint density at radius 3 is 2.86 bits per heavy atom. The quantitative estimate of drug-likeness (QED) is 0.669. The average Bonchev–Trinajstić information content (AvgIpc) is 2.87. The average molecular weight is 292 g/mol. The van der Waals surface area contributed by atoms with Crippen molar-refractivity contribution in [3.8, 4) is 11.8 Å². The van der Waals surface area contributed by atoms with E-state index in [0.717, 1.165) is 35.0 Å². The Morgan fingerprint density at radius 1 is 1.18 bits per heavy atom. The number of hydrogen-bond acceptors (Lipinski definition) is 2. The Labute approximate surface area is 130 Å². The summed E-state index contributed by atoms with van der Waals surface area (Å²) in [6.45, 7) is 5.35. The van der Waals surface area contributed by atoms with Crippen molar-refractivity contribution in [3.63, 3.8) is 0 Å². The van der Waals surface area contributed by atoms with Gasteiger partial charge in [0.15, 0.2) is 0 Å². The highest BCUT2D eigenvalue weighted by atomic mass is 16.5. The molecule has 0 saturated heterocycles. The standard InChI is InChI=1S/C19H20N2O/c1-3-5-6-9-15-12-17-16-10-7-8-11-18(16)21(14-22-4-2)19(17)20-13-15/h7-8,10-13H,3-5,14H2,1-2H3. The van der Waals surface area contributed by atoms with Gasteiger partial charge in [0.25, 0.3) is 0 Å². The Hall–Kier alpha value is -2.31. The van der Waals surface area contributed by atoms with E-state index in [1.54, 1.807) is 0 Å². The van der Waals surface area contributed by atoms with E-state index in [4.69, 9.17) is 4.74 Å². The third-order valence-electron chi connectivity index (χ3n) is 3.64. The van der Waals surface area contributed by atoms with E-state index in [2.05, 4.69) is 52.6 Å². The Kier molecular flexibility index (Phi) is 4.41. The zero-order valence-electron chi connectivity index (χ0n) is 13.1. The minimum absolute atomic E-state index is 0.522. The molecule has 3 heteroatoms. The van der Waals surface area contributed by atoms with Gasteiger partial charge in [0.05, 0.1) is 5.52 Å². The first-order chi connectivity index (χ1) is 10.8. The van der Waals surface area contributed by atoms with Crippen LogP contribution >= 0.6 is 0 Å². The fourth-order valence-electron chi connectivity index (χ4n) is 2.59. The summed E-state index contributed by atoms with van der Waals surface area (Å²) in [6, 6.07) is 10.5. The maximum absolute atomic E-state index is 5.60. The van der Waals surface area contributed by atoms with Crippen molar-refractivity contribution in [2.75, 3.05) is 6.61 Å². The summed E-state index contributed by atoms with van der Waals surface area (Å²) in [5.41, 5.74) is 3.08. The highest BCUT2D eigenvalue weighted by Gasteiger charge is 2.11. The maximum Gasteiger partial charge on any atom is 0.142 e. The zero-order chi connectivity index (χ0) is 15.4. The summed E-state index contributed by atoms with van der Waals surface area (Å²) < 4.78 is 7.72. The van der Waals surface area contributed by atoms with Crippen LogP contribution in [-0.4, -0.2) is 16.2 Å². The highest BCUT2D eigenvalue weighted by Crippen LogP contribution is 2.28. The molecular weight excluding hydrogens is 272 g/mol. The van der Waals surface area contributed by atoms with Gasteiger partial charge in [0.2, 0.25) is 0 Å². The van der Waals surface area contributed by atoms with Crippen LogP contribution in [0.4, 0.5) is 0 Å². The molecule has 3 nitrogen and oxygen atoms in total. The number of fused-ring (bicyclic) bond motifs is 3. The van der Waals surface area contributed by atoms with Crippen molar-refractivity contribution in [2.45, 2.75) is 33.4 Å². The minimum Gasteiger partial charge on any atom is -0.361 e. The van der Waals surface area contributed by atoms with E-state index in [-0.39, 0.29) is 0 Å². The molecule has 2 heterocycles. The fraction of sp³-hybridized carbons (Fsp3) is 0.316. The summed E-state index contributed by atoms with van der Waals surface area (Å²) in [6.07, 6.45) is 3.85. The molecule has 0 spiro atoms. The monoisotopic (exact) mass is 292 g/mol. The molecule has 0 amide bonds. The van der Waals surface area contributed by atoms with Crippen LogP contribution in [0.15, 0.2) is 36.5 Å². The van der Waals surface area contributed by atoms with Crippen molar-refractivity contribution in [3.05, 3.63) is 42.1 Å². The van der Waals surface area contributed by atoms with Crippen LogP contribution in [0, 0.1) is 11.8 Å². The number of benzene rings is 1. The Balaban J connectivity index is 2.16. The van der Waals surface area contributed by atoms with Crippen molar-refractivity contribution >= 4 is 21.9 Å². The van der Waals surface area contributed by atoms with Gasteiger partial charge < -0.3 is 9.30 Å². The molecule has 0 radical (unpaired) electrons. The second-order valence-electron chi connectivity index (χ2n) is 5.21. The first-order valence-electron chi connectivity index (χ1n) is 7.78. The van der Waals surface area contributed by atoms with Gasteiger partial charge in [-0.3, -0.25) is 0 Å². The van der Waals surface area contributed by atoms with Gasteiger partial charge in [-0.15, -0.1) is 0 Å². The molecule has 0 bridgehead atoms. The number of nitrogens with zero attached hydrogens (tertiary/aromatic N) is 2. The smallest absolute Gasteiger partial charge is 0.142 e. The topological polar surface area (TPSA) is 27.1 Å². The van der Waals surface area contributed by atoms with Gasteiger partial charge in [-0.1, -0.05) is 37.0 Å². The molecule has 1 aromatic carbocycles. The van der Waals surface area contributed by atoms with E-state index >= 15 is 0 Å². The molecule has 0 aliphatic rings. The number of unbranched alkanes of at least 4 members (excludes halogenated alkanes) is 1. The number of para-hydroxylation sites is 1. The second kappa shape index (κ2) is 6.64. The van der Waals surface area contributed by atoms with Crippen LogP contribution in [0.25, 0.3) is 21.9 Å². The molecule has 0 fully saturated rings. The van der Waals surface area contributed by atoms with Crippen LogP contribution in [0.2, 0.25) is 0 Å². The number of aromatic nitrogens is 2. The predicted octanol–water partition coefficient (Wildman–Crippen LogP) is 4.34. The summed E-state index contributed by atoms with van der Waals surface area (Å²) in [7, 11) is 0. The lowest BCUT2D eigenvalue weighted by Gasteiger charge is -2.06. The van der Waals surface area contributed by atoms with Gasteiger partial charge in [-0.05, 0) is 25.5 Å². The number of hydrogen-bond donors (Lipinski definition) is 0. The van der Waals surface area contributed by atoms with E-state index in [1.165, 1.54) is 5.39 Å². The van der Waals surface area contributed by atoms with Crippen LogP contribution in [0.3, 0.4) is 0 Å². The first kappa shape index (κ1) is 14.6. The molecule has 0 N–H and O–H groups in total. The third-order valence-corrected chi connectivity index (χ3v) is 3.64. The largest absolute Gasteiger partial charge is 0.361 e. The lowest BCUT2D eigenvalue weighted by Crippen LogP contribution is -2.02. The van der Waals surface area contributed by atoms with Crippen molar-refractivity contribution in [2.24, 2.45) is 0 Å².